The van der Waals surface area contributed by atoms with Crippen LogP contribution in [0, 0.1) is 6.92 Å². The molecule has 1 fully saturated rings. The fourth-order valence-electron chi connectivity index (χ4n) is 2.33. The molecule has 1 aromatic heterocycles. The van der Waals surface area contributed by atoms with Crippen LogP contribution in [-0.2, 0) is 4.79 Å². The number of carboxylic acid groups (broad SMARTS) is 1. The maximum Gasteiger partial charge on any atom is 0.305 e. The van der Waals surface area contributed by atoms with Crippen molar-refractivity contribution in [2.45, 2.75) is 38.6 Å². The molecule has 1 N–H and O–H groups in total. The van der Waals surface area contributed by atoms with Crippen LogP contribution in [0.5, 0.6) is 0 Å². The number of carbonyl (C=O) groups is 2. The van der Waals surface area contributed by atoms with E-state index in [2.05, 4.69) is 9.97 Å². The Balaban J connectivity index is 2.15. The summed E-state index contributed by atoms with van der Waals surface area (Å²) in [5, 5.41) is 8.91. The highest BCUT2D eigenvalue weighted by molar-refractivity contribution is 5.92. The molecule has 1 atom stereocenters. The molecule has 2 heterocycles. The lowest BCUT2D eigenvalue weighted by molar-refractivity contribution is -0.138. The Morgan fingerprint density at radius 1 is 1.37 bits per heavy atom. The van der Waals surface area contributed by atoms with E-state index in [-0.39, 0.29) is 24.1 Å². The standard InChI is InChI=1S/C13H17N3O3/c1-9-7-15-11(8-14-9)13(19)16-5-3-2-4-10(16)6-12(17)18/h7-8,10H,2-6H2,1H3,(H,17,18). The Bertz CT molecular complexity index is 473. The van der Waals surface area contributed by atoms with Crippen LogP contribution in [0.3, 0.4) is 0 Å². The summed E-state index contributed by atoms with van der Waals surface area (Å²) in [6.45, 7) is 2.39. The predicted molar refractivity (Wildman–Crippen MR) is 67.7 cm³/mol. The first-order valence-corrected chi connectivity index (χ1v) is 6.39. The molecule has 102 valence electrons. The maximum atomic E-state index is 12.3. The molecule has 0 aromatic carbocycles. The quantitative estimate of drug-likeness (QED) is 0.887. The lowest BCUT2D eigenvalue weighted by Crippen LogP contribution is -2.45. The molecule has 1 aromatic rings. The number of likely N-dealkylation sites (tertiary alicyclic amines) is 1. The van der Waals surface area contributed by atoms with Gasteiger partial charge in [0.2, 0.25) is 0 Å². The zero-order valence-corrected chi connectivity index (χ0v) is 10.9. The van der Waals surface area contributed by atoms with Gasteiger partial charge < -0.3 is 10.0 Å². The van der Waals surface area contributed by atoms with Crippen LogP contribution < -0.4 is 0 Å². The molecule has 1 aliphatic rings. The van der Waals surface area contributed by atoms with Crippen LogP contribution in [0.15, 0.2) is 12.4 Å². The first-order valence-electron chi connectivity index (χ1n) is 6.39. The SMILES string of the molecule is Cc1cnc(C(=O)N2CCCCC2CC(=O)O)cn1. The van der Waals surface area contributed by atoms with E-state index in [1.54, 1.807) is 18.0 Å². The molecule has 6 nitrogen and oxygen atoms in total. The molecule has 0 bridgehead atoms. The highest BCUT2D eigenvalue weighted by Crippen LogP contribution is 2.21. The van der Waals surface area contributed by atoms with Gasteiger partial charge in [-0.15, -0.1) is 0 Å². The summed E-state index contributed by atoms with van der Waals surface area (Å²) in [4.78, 5) is 32.9. The van der Waals surface area contributed by atoms with Gasteiger partial charge in [-0.05, 0) is 26.2 Å². The Morgan fingerprint density at radius 3 is 2.79 bits per heavy atom. The van der Waals surface area contributed by atoms with Crippen LogP contribution in [0.25, 0.3) is 0 Å². The molecule has 1 amide bonds. The highest BCUT2D eigenvalue weighted by atomic mass is 16.4. The van der Waals surface area contributed by atoms with E-state index in [1.807, 2.05) is 0 Å². The van der Waals surface area contributed by atoms with Gasteiger partial charge in [-0.1, -0.05) is 0 Å². The third-order valence-corrected chi connectivity index (χ3v) is 3.30. The van der Waals surface area contributed by atoms with Crippen LogP contribution in [0.2, 0.25) is 0 Å². The fourth-order valence-corrected chi connectivity index (χ4v) is 2.33. The number of carboxylic acids is 1. The van der Waals surface area contributed by atoms with Gasteiger partial charge in [0.15, 0.2) is 0 Å². The lowest BCUT2D eigenvalue weighted by Gasteiger charge is -2.34. The number of nitrogens with zero attached hydrogens (tertiary/aromatic N) is 3. The minimum absolute atomic E-state index is 0.00890. The van der Waals surface area contributed by atoms with Crippen LogP contribution >= 0.6 is 0 Å². The van der Waals surface area contributed by atoms with Gasteiger partial charge in [0, 0.05) is 18.8 Å². The third kappa shape index (κ3) is 3.27. The summed E-state index contributed by atoms with van der Waals surface area (Å²) in [6, 6.07) is -0.234. The molecule has 2 rings (SSSR count). The monoisotopic (exact) mass is 263 g/mol. The number of aliphatic carboxylic acids is 1. The Labute approximate surface area is 111 Å². The van der Waals surface area contributed by atoms with Crippen LogP contribution in [0.4, 0.5) is 0 Å². The van der Waals surface area contributed by atoms with Gasteiger partial charge in [-0.3, -0.25) is 14.6 Å². The number of carbonyl (C=O) groups excluding carboxylic acids is 1. The number of piperidine rings is 1. The maximum absolute atomic E-state index is 12.3. The predicted octanol–water partition coefficient (Wildman–Crippen LogP) is 1.25. The summed E-state index contributed by atoms with van der Waals surface area (Å²) in [6.07, 6.45) is 5.58. The molecule has 0 spiro atoms. The van der Waals surface area contributed by atoms with Crippen molar-refractivity contribution in [2.75, 3.05) is 6.54 Å². The van der Waals surface area contributed by atoms with E-state index in [1.165, 1.54) is 6.20 Å². The van der Waals surface area contributed by atoms with E-state index in [9.17, 15) is 9.59 Å². The summed E-state index contributed by atoms with van der Waals surface area (Å²) in [5.41, 5.74) is 1.03. The molecular weight excluding hydrogens is 246 g/mol. The largest absolute Gasteiger partial charge is 0.481 e. The topological polar surface area (TPSA) is 83.4 Å². The van der Waals surface area contributed by atoms with E-state index in [0.717, 1.165) is 25.0 Å². The van der Waals surface area contributed by atoms with Crippen molar-refractivity contribution < 1.29 is 14.7 Å². The van der Waals surface area contributed by atoms with Crippen molar-refractivity contribution in [1.29, 1.82) is 0 Å². The molecule has 1 saturated heterocycles. The van der Waals surface area contributed by atoms with Gasteiger partial charge >= 0.3 is 5.97 Å². The summed E-state index contributed by atoms with van der Waals surface area (Å²) >= 11 is 0. The molecular formula is C13H17N3O3. The van der Waals surface area contributed by atoms with Crippen molar-refractivity contribution in [1.82, 2.24) is 14.9 Å². The highest BCUT2D eigenvalue weighted by Gasteiger charge is 2.29. The molecule has 19 heavy (non-hydrogen) atoms. The summed E-state index contributed by atoms with van der Waals surface area (Å²) < 4.78 is 0. The summed E-state index contributed by atoms with van der Waals surface area (Å²) in [7, 11) is 0. The molecule has 0 saturated carbocycles. The summed E-state index contributed by atoms with van der Waals surface area (Å²) in [5.74, 6) is -1.10. The van der Waals surface area contributed by atoms with Crippen molar-refractivity contribution in [3.05, 3.63) is 23.8 Å². The number of amides is 1. The minimum Gasteiger partial charge on any atom is -0.481 e. The van der Waals surface area contributed by atoms with Gasteiger partial charge in [0.1, 0.15) is 5.69 Å². The molecule has 6 heteroatoms. The van der Waals surface area contributed by atoms with Crippen molar-refractivity contribution >= 4 is 11.9 Å². The average Bonchev–Trinajstić information content (AvgIpc) is 2.39. The smallest absolute Gasteiger partial charge is 0.305 e. The fraction of sp³-hybridized carbons (Fsp3) is 0.538. The van der Waals surface area contributed by atoms with Gasteiger partial charge in [0.05, 0.1) is 18.3 Å². The van der Waals surface area contributed by atoms with Crippen molar-refractivity contribution in [3.63, 3.8) is 0 Å². The third-order valence-electron chi connectivity index (χ3n) is 3.30. The van der Waals surface area contributed by atoms with Gasteiger partial charge in [-0.25, -0.2) is 4.98 Å². The second-order valence-electron chi connectivity index (χ2n) is 4.79. The molecule has 0 radical (unpaired) electrons. The first kappa shape index (κ1) is 13.5. The minimum atomic E-state index is -0.875. The number of hydrogen-bond donors (Lipinski definition) is 1. The first-order chi connectivity index (χ1) is 9.08. The number of aryl methyl sites for hydroxylation is 1. The Morgan fingerprint density at radius 2 is 2.16 bits per heavy atom. The lowest BCUT2D eigenvalue weighted by atomic mass is 9.99. The molecule has 1 unspecified atom stereocenters. The van der Waals surface area contributed by atoms with Crippen molar-refractivity contribution in [2.24, 2.45) is 0 Å². The van der Waals surface area contributed by atoms with Gasteiger partial charge in [-0.2, -0.15) is 0 Å². The Hall–Kier alpha value is -1.98. The average molecular weight is 263 g/mol. The van der Waals surface area contributed by atoms with Crippen molar-refractivity contribution in [3.8, 4) is 0 Å². The number of aromatic nitrogens is 2. The van der Waals surface area contributed by atoms with E-state index < -0.39 is 5.97 Å². The number of hydrogen-bond acceptors (Lipinski definition) is 4. The van der Waals surface area contributed by atoms with Crippen LogP contribution in [-0.4, -0.2) is 44.4 Å². The van der Waals surface area contributed by atoms with Crippen LogP contribution in [0.1, 0.15) is 41.9 Å². The Kier molecular flexibility index (Phi) is 4.09. The molecule has 0 aliphatic carbocycles. The zero-order chi connectivity index (χ0) is 13.8. The second kappa shape index (κ2) is 5.77. The van der Waals surface area contributed by atoms with E-state index >= 15 is 0 Å². The van der Waals surface area contributed by atoms with E-state index in [4.69, 9.17) is 5.11 Å². The van der Waals surface area contributed by atoms with E-state index in [0.29, 0.717) is 6.54 Å². The zero-order valence-electron chi connectivity index (χ0n) is 10.9. The van der Waals surface area contributed by atoms with Gasteiger partial charge in [0.25, 0.3) is 5.91 Å². The second-order valence-corrected chi connectivity index (χ2v) is 4.79. The normalized spacial score (nSPS) is 19.2. The molecule has 1 aliphatic heterocycles. The number of rotatable bonds is 3.